The van der Waals surface area contributed by atoms with Crippen molar-refractivity contribution in [2.45, 2.75) is 27.3 Å². The molecule has 0 aliphatic carbocycles. The SMILES string of the molecule is CCNc1ncc(C)c(NCc2noc(C)n2)n1. The Labute approximate surface area is 105 Å². The summed E-state index contributed by atoms with van der Waals surface area (Å²) in [6.45, 7) is 6.96. The first-order chi connectivity index (χ1) is 8.69. The Bertz CT molecular complexity index is 524. The molecule has 0 radical (unpaired) electrons. The normalized spacial score (nSPS) is 10.4. The second-order valence-electron chi connectivity index (χ2n) is 3.84. The van der Waals surface area contributed by atoms with E-state index in [1.54, 1.807) is 13.1 Å². The summed E-state index contributed by atoms with van der Waals surface area (Å²) in [5.41, 5.74) is 0.969. The van der Waals surface area contributed by atoms with Crippen LogP contribution in [0, 0.1) is 13.8 Å². The van der Waals surface area contributed by atoms with Crippen molar-refractivity contribution in [3.63, 3.8) is 0 Å². The van der Waals surface area contributed by atoms with Gasteiger partial charge in [-0.15, -0.1) is 0 Å². The van der Waals surface area contributed by atoms with Crippen LogP contribution in [0.5, 0.6) is 0 Å². The van der Waals surface area contributed by atoms with Crippen molar-refractivity contribution in [1.82, 2.24) is 20.1 Å². The van der Waals surface area contributed by atoms with E-state index in [0.29, 0.717) is 24.2 Å². The molecule has 0 saturated heterocycles. The number of aryl methyl sites for hydroxylation is 2. The van der Waals surface area contributed by atoms with Crippen molar-refractivity contribution < 1.29 is 4.52 Å². The molecule has 7 nitrogen and oxygen atoms in total. The summed E-state index contributed by atoms with van der Waals surface area (Å²) in [6.07, 6.45) is 1.77. The van der Waals surface area contributed by atoms with E-state index in [4.69, 9.17) is 4.52 Å². The van der Waals surface area contributed by atoms with E-state index in [1.807, 2.05) is 13.8 Å². The third-order valence-electron chi connectivity index (χ3n) is 2.29. The van der Waals surface area contributed by atoms with Crippen molar-refractivity contribution in [2.24, 2.45) is 0 Å². The number of anilines is 2. The fraction of sp³-hybridized carbons (Fsp3) is 0.455. The van der Waals surface area contributed by atoms with Gasteiger partial charge in [0.15, 0.2) is 5.82 Å². The van der Waals surface area contributed by atoms with Gasteiger partial charge in [0.05, 0.1) is 6.54 Å². The van der Waals surface area contributed by atoms with Gasteiger partial charge in [-0.05, 0) is 13.8 Å². The molecule has 0 bridgehead atoms. The van der Waals surface area contributed by atoms with Gasteiger partial charge >= 0.3 is 0 Å². The van der Waals surface area contributed by atoms with Gasteiger partial charge in [-0.2, -0.15) is 9.97 Å². The number of nitrogens with one attached hydrogen (secondary N) is 2. The summed E-state index contributed by atoms with van der Waals surface area (Å²) in [6, 6.07) is 0. The summed E-state index contributed by atoms with van der Waals surface area (Å²) in [5, 5.41) is 10.0. The molecule has 0 aliphatic heterocycles. The molecule has 7 heteroatoms. The second-order valence-corrected chi connectivity index (χ2v) is 3.84. The second kappa shape index (κ2) is 5.44. The molecule has 0 saturated carbocycles. The zero-order valence-electron chi connectivity index (χ0n) is 10.7. The van der Waals surface area contributed by atoms with E-state index in [-0.39, 0.29) is 0 Å². The summed E-state index contributed by atoms with van der Waals surface area (Å²) < 4.78 is 4.90. The fourth-order valence-corrected chi connectivity index (χ4v) is 1.44. The van der Waals surface area contributed by atoms with Crippen LogP contribution in [0.15, 0.2) is 10.7 Å². The summed E-state index contributed by atoms with van der Waals surface area (Å²) in [7, 11) is 0. The van der Waals surface area contributed by atoms with Gasteiger partial charge in [0.2, 0.25) is 11.8 Å². The molecule has 0 aromatic carbocycles. The Morgan fingerprint density at radius 3 is 2.72 bits per heavy atom. The van der Waals surface area contributed by atoms with E-state index < -0.39 is 0 Å². The van der Waals surface area contributed by atoms with E-state index in [0.717, 1.165) is 17.9 Å². The predicted molar refractivity (Wildman–Crippen MR) is 67.3 cm³/mol. The fourth-order valence-electron chi connectivity index (χ4n) is 1.44. The van der Waals surface area contributed by atoms with Gasteiger partial charge in [-0.3, -0.25) is 0 Å². The van der Waals surface area contributed by atoms with Crippen LogP contribution in [0.2, 0.25) is 0 Å². The van der Waals surface area contributed by atoms with Crippen LogP contribution in [-0.2, 0) is 6.54 Å². The standard InChI is InChI=1S/C11H16N6O/c1-4-12-11-14-5-7(2)10(16-11)13-6-9-15-8(3)18-17-9/h5H,4,6H2,1-3H3,(H2,12,13,14,16). The average Bonchev–Trinajstić information content (AvgIpc) is 2.76. The Morgan fingerprint density at radius 1 is 1.22 bits per heavy atom. The van der Waals surface area contributed by atoms with Gasteiger partial charge in [-0.25, -0.2) is 4.98 Å². The lowest BCUT2D eigenvalue weighted by atomic mass is 10.3. The van der Waals surface area contributed by atoms with Gasteiger partial charge in [0, 0.05) is 25.2 Å². The van der Waals surface area contributed by atoms with E-state index in [9.17, 15) is 0 Å². The van der Waals surface area contributed by atoms with Gasteiger partial charge in [0.1, 0.15) is 5.82 Å². The lowest BCUT2D eigenvalue weighted by molar-refractivity contribution is 0.388. The van der Waals surface area contributed by atoms with Crippen molar-refractivity contribution >= 4 is 11.8 Å². The van der Waals surface area contributed by atoms with Crippen LogP contribution >= 0.6 is 0 Å². The Kier molecular flexibility index (Phi) is 3.71. The quantitative estimate of drug-likeness (QED) is 0.829. The molecule has 18 heavy (non-hydrogen) atoms. The van der Waals surface area contributed by atoms with Crippen molar-refractivity contribution in [1.29, 1.82) is 0 Å². The zero-order chi connectivity index (χ0) is 13.0. The smallest absolute Gasteiger partial charge is 0.224 e. The highest BCUT2D eigenvalue weighted by molar-refractivity contribution is 5.46. The van der Waals surface area contributed by atoms with Crippen LogP contribution < -0.4 is 10.6 Å². The number of aromatic nitrogens is 4. The first-order valence-corrected chi connectivity index (χ1v) is 5.79. The molecule has 0 unspecified atom stereocenters. The summed E-state index contributed by atoms with van der Waals surface area (Å²) in [4.78, 5) is 12.7. The summed E-state index contributed by atoms with van der Waals surface area (Å²) in [5.74, 6) is 2.54. The topological polar surface area (TPSA) is 88.8 Å². The van der Waals surface area contributed by atoms with Gasteiger partial charge in [-0.1, -0.05) is 5.16 Å². The monoisotopic (exact) mass is 248 g/mol. The predicted octanol–water partition coefficient (Wildman–Crippen LogP) is 1.52. The van der Waals surface area contributed by atoms with Crippen LogP contribution in [0.3, 0.4) is 0 Å². The first kappa shape index (κ1) is 12.3. The number of nitrogens with zero attached hydrogens (tertiary/aromatic N) is 4. The summed E-state index contributed by atoms with van der Waals surface area (Å²) >= 11 is 0. The first-order valence-electron chi connectivity index (χ1n) is 5.79. The Hall–Kier alpha value is -2.18. The molecule has 2 aromatic heterocycles. The minimum absolute atomic E-state index is 0.473. The average molecular weight is 248 g/mol. The molecular weight excluding hydrogens is 232 g/mol. The molecule has 2 rings (SSSR count). The lowest BCUT2D eigenvalue weighted by Crippen LogP contribution is -2.08. The van der Waals surface area contributed by atoms with Gasteiger partial charge < -0.3 is 15.2 Å². The molecule has 0 aliphatic rings. The van der Waals surface area contributed by atoms with E-state index in [1.165, 1.54) is 0 Å². The van der Waals surface area contributed by atoms with Crippen LogP contribution in [-0.4, -0.2) is 26.7 Å². The maximum atomic E-state index is 4.90. The number of rotatable bonds is 5. The number of hydrogen-bond acceptors (Lipinski definition) is 7. The minimum Gasteiger partial charge on any atom is -0.362 e. The highest BCUT2D eigenvalue weighted by Gasteiger charge is 2.06. The number of hydrogen-bond donors (Lipinski definition) is 2. The largest absolute Gasteiger partial charge is 0.362 e. The minimum atomic E-state index is 0.473. The Balaban J connectivity index is 2.05. The molecule has 2 aromatic rings. The molecular formula is C11H16N6O. The zero-order valence-corrected chi connectivity index (χ0v) is 10.7. The van der Waals surface area contributed by atoms with E-state index in [2.05, 4.69) is 30.7 Å². The van der Waals surface area contributed by atoms with Crippen molar-refractivity contribution in [3.8, 4) is 0 Å². The van der Waals surface area contributed by atoms with E-state index >= 15 is 0 Å². The third kappa shape index (κ3) is 2.93. The van der Waals surface area contributed by atoms with Crippen LogP contribution in [0.25, 0.3) is 0 Å². The van der Waals surface area contributed by atoms with Crippen molar-refractivity contribution in [2.75, 3.05) is 17.2 Å². The highest BCUT2D eigenvalue weighted by Crippen LogP contribution is 2.13. The van der Waals surface area contributed by atoms with Gasteiger partial charge in [0.25, 0.3) is 0 Å². The molecule has 0 fully saturated rings. The van der Waals surface area contributed by atoms with Crippen LogP contribution in [0.4, 0.5) is 11.8 Å². The molecule has 0 atom stereocenters. The maximum absolute atomic E-state index is 4.90. The van der Waals surface area contributed by atoms with Crippen molar-refractivity contribution in [3.05, 3.63) is 23.5 Å². The van der Waals surface area contributed by atoms with Crippen LogP contribution in [0.1, 0.15) is 24.2 Å². The molecule has 0 spiro atoms. The molecule has 96 valence electrons. The Morgan fingerprint density at radius 2 is 2.06 bits per heavy atom. The molecule has 2 N–H and O–H groups in total. The molecule has 2 heterocycles. The molecule has 0 amide bonds. The maximum Gasteiger partial charge on any atom is 0.224 e. The lowest BCUT2D eigenvalue weighted by Gasteiger charge is -2.08. The third-order valence-corrected chi connectivity index (χ3v) is 2.29. The highest BCUT2D eigenvalue weighted by atomic mass is 16.5.